The Bertz CT molecular complexity index is 1060. The first-order chi connectivity index (χ1) is 19.7. The van der Waals surface area contributed by atoms with Crippen LogP contribution in [0.5, 0.6) is 0 Å². The quantitative estimate of drug-likeness (QED) is 0.455. The number of hydrogen-bond acceptors (Lipinski definition) is 4. The zero-order valence-electron chi connectivity index (χ0n) is 24.1. The van der Waals surface area contributed by atoms with Gasteiger partial charge >= 0.3 is 6.03 Å². The van der Waals surface area contributed by atoms with Gasteiger partial charge in [-0.25, -0.2) is 9.78 Å². The molecule has 0 spiro atoms. The highest BCUT2D eigenvalue weighted by molar-refractivity contribution is 5.87. The van der Waals surface area contributed by atoms with Crippen molar-refractivity contribution in [3.63, 3.8) is 0 Å². The molecule has 2 heterocycles. The molecular formula is C32H48N6O2. The maximum Gasteiger partial charge on any atom is 0.318 e. The fourth-order valence-corrected chi connectivity index (χ4v) is 6.77. The van der Waals surface area contributed by atoms with E-state index >= 15 is 0 Å². The van der Waals surface area contributed by atoms with Crippen LogP contribution in [0.3, 0.4) is 0 Å². The molecule has 1 saturated heterocycles. The van der Waals surface area contributed by atoms with Crippen LogP contribution in [-0.2, 0) is 17.8 Å². The van der Waals surface area contributed by atoms with E-state index in [0.717, 1.165) is 44.1 Å². The first kappa shape index (κ1) is 28.7. The number of hydrogen-bond donors (Lipinski definition) is 2. The second-order valence-electron chi connectivity index (χ2n) is 12.1. The minimum atomic E-state index is -0.460. The standard InChI is InChI=1S/C32H48N6O2/c39-31(34-18-16-29-22-33-25-37(29)23-27-12-6-2-7-13-27)30-24-36(19-17-26-10-4-1-5-11-26)20-21-38(30)32(40)35-28-14-8-3-9-15-28/h2,6-7,12-13,22,25-26,28,30H,1,3-5,8-11,14-21,23-24H2,(H,34,39)(H,35,40). The largest absolute Gasteiger partial charge is 0.354 e. The van der Waals surface area contributed by atoms with Crippen molar-refractivity contribution in [1.29, 1.82) is 0 Å². The number of urea groups is 1. The number of carbonyl (C=O) groups excluding carboxylic acids is 2. The molecule has 3 fully saturated rings. The van der Waals surface area contributed by atoms with Gasteiger partial charge in [-0.05, 0) is 37.3 Å². The van der Waals surface area contributed by atoms with Crippen LogP contribution in [-0.4, -0.2) is 76.1 Å². The molecule has 2 saturated carbocycles. The van der Waals surface area contributed by atoms with Crippen molar-refractivity contribution in [2.24, 2.45) is 5.92 Å². The number of nitrogens with zero attached hydrogens (tertiary/aromatic N) is 4. The van der Waals surface area contributed by atoms with Crippen molar-refractivity contribution in [3.8, 4) is 0 Å². The molecule has 1 aromatic carbocycles. The van der Waals surface area contributed by atoms with Gasteiger partial charge < -0.3 is 20.1 Å². The van der Waals surface area contributed by atoms with Crippen molar-refractivity contribution < 1.29 is 9.59 Å². The van der Waals surface area contributed by atoms with Gasteiger partial charge in [-0.1, -0.05) is 81.7 Å². The zero-order valence-corrected chi connectivity index (χ0v) is 24.1. The highest BCUT2D eigenvalue weighted by Crippen LogP contribution is 2.27. The van der Waals surface area contributed by atoms with Gasteiger partial charge in [-0.15, -0.1) is 0 Å². The smallest absolute Gasteiger partial charge is 0.318 e. The Kier molecular flexibility index (Phi) is 10.5. The first-order valence-corrected chi connectivity index (χ1v) is 15.8. The molecule has 1 aromatic heterocycles. The number of nitrogens with one attached hydrogen (secondary N) is 2. The maximum atomic E-state index is 13.6. The van der Waals surface area contributed by atoms with Crippen LogP contribution in [0.15, 0.2) is 42.9 Å². The second kappa shape index (κ2) is 14.7. The molecule has 1 unspecified atom stereocenters. The normalized spacial score (nSPS) is 21.3. The highest BCUT2D eigenvalue weighted by Gasteiger charge is 2.36. The molecule has 3 amide bonds. The molecule has 0 bridgehead atoms. The van der Waals surface area contributed by atoms with E-state index in [-0.39, 0.29) is 18.0 Å². The van der Waals surface area contributed by atoms with Gasteiger partial charge in [-0.3, -0.25) is 9.69 Å². The predicted octanol–water partition coefficient (Wildman–Crippen LogP) is 4.59. The van der Waals surface area contributed by atoms with E-state index in [1.54, 1.807) is 4.90 Å². The molecule has 40 heavy (non-hydrogen) atoms. The van der Waals surface area contributed by atoms with Crippen LogP contribution >= 0.6 is 0 Å². The van der Waals surface area contributed by atoms with E-state index < -0.39 is 6.04 Å². The van der Waals surface area contributed by atoms with Gasteiger partial charge in [0.2, 0.25) is 5.91 Å². The second-order valence-corrected chi connectivity index (χ2v) is 12.1. The lowest BCUT2D eigenvalue weighted by molar-refractivity contribution is -0.127. The van der Waals surface area contributed by atoms with E-state index in [2.05, 4.69) is 37.2 Å². The van der Waals surface area contributed by atoms with E-state index in [0.29, 0.717) is 26.1 Å². The number of benzene rings is 1. The molecule has 0 radical (unpaired) electrons. The Hall–Kier alpha value is -2.87. The summed E-state index contributed by atoms with van der Waals surface area (Å²) in [4.78, 5) is 35.5. The first-order valence-electron chi connectivity index (χ1n) is 15.8. The monoisotopic (exact) mass is 548 g/mol. The summed E-state index contributed by atoms with van der Waals surface area (Å²) in [6.45, 7) is 4.36. The summed E-state index contributed by atoms with van der Waals surface area (Å²) >= 11 is 0. The van der Waals surface area contributed by atoms with Gasteiger partial charge in [-0.2, -0.15) is 0 Å². The fourth-order valence-electron chi connectivity index (χ4n) is 6.77. The lowest BCUT2D eigenvalue weighted by Crippen LogP contribution is -2.63. The third kappa shape index (κ3) is 8.09. The molecule has 8 heteroatoms. The average Bonchev–Trinajstić information content (AvgIpc) is 3.44. The summed E-state index contributed by atoms with van der Waals surface area (Å²) < 4.78 is 2.14. The number of piperazine rings is 1. The van der Waals surface area contributed by atoms with Crippen molar-refractivity contribution >= 4 is 11.9 Å². The van der Waals surface area contributed by atoms with Crippen molar-refractivity contribution in [2.75, 3.05) is 32.7 Å². The lowest BCUT2D eigenvalue weighted by atomic mass is 9.87. The van der Waals surface area contributed by atoms with E-state index in [1.165, 1.54) is 63.4 Å². The molecular weight excluding hydrogens is 500 g/mol. The van der Waals surface area contributed by atoms with Gasteiger partial charge in [0.05, 0.1) is 6.33 Å². The SMILES string of the molecule is O=C(NCCc1cncn1Cc1ccccc1)C1CN(CCC2CCCCC2)CCN1C(=O)NC1CCCCC1. The minimum Gasteiger partial charge on any atom is -0.354 e. The Balaban J connectivity index is 1.17. The van der Waals surface area contributed by atoms with E-state index in [9.17, 15) is 9.59 Å². The summed E-state index contributed by atoms with van der Waals surface area (Å²) in [6, 6.07) is 10.0. The van der Waals surface area contributed by atoms with E-state index in [4.69, 9.17) is 0 Å². The van der Waals surface area contributed by atoms with Crippen LogP contribution in [0.1, 0.15) is 81.9 Å². The third-order valence-corrected chi connectivity index (χ3v) is 9.21. The number of imidazole rings is 1. The highest BCUT2D eigenvalue weighted by atomic mass is 16.2. The number of aromatic nitrogens is 2. The maximum absolute atomic E-state index is 13.6. The Morgan fingerprint density at radius 3 is 2.45 bits per heavy atom. The Labute approximate surface area is 239 Å². The molecule has 8 nitrogen and oxygen atoms in total. The molecule has 2 aliphatic carbocycles. The Morgan fingerprint density at radius 1 is 0.925 bits per heavy atom. The molecule has 218 valence electrons. The van der Waals surface area contributed by atoms with Crippen LogP contribution in [0.4, 0.5) is 4.79 Å². The Morgan fingerprint density at radius 2 is 1.68 bits per heavy atom. The van der Waals surface area contributed by atoms with Crippen LogP contribution in [0.2, 0.25) is 0 Å². The molecule has 2 N–H and O–H groups in total. The summed E-state index contributed by atoms with van der Waals surface area (Å²) in [7, 11) is 0. The third-order valence-electron chi connectivity index (χ3n) is 9.21. The average molecular weight is 549 g/mol. The summed E-state index contributed by atoms with van der Waals surface area (Å²) in [5.74, 6) is 0.768. The van der Waals surface area contributed by atoms with Crippen molar-refractivity contribution in [3.05, 3.63) is 54.1 Å². The predicted molar refractivity (Wildman–Crippen MR) is 158 cm³/mol. The number of rotatable bonds is 10. The van der Waals surface area contributed by atoms with Crippen LogP contribution < -0.4 is 10.6 Å². The minimum absolute atomic E-state index is 0.0460. The number of carbonyl (C=O) groups is 2. The fraction of sp³-hybridized carbons (Fsp3) is 0.656. The topological polar surface area (TPSA) is 82.5 Å². The molecule has 1 aliphatic heterocycles. The van der Waals surface area contributed by atoms with Gasteiger partial charge in [0.15, 0.2) is 0 Å². The van der Waals surface area contributed by atoms with Crippen LogP contribution in [0.25, 0.3) is 0 Å². The summed E-state index contributed by atoms with van der Waals surface area (Å²) in [5, 5.41) is 6.43. The van der Waals surface area contributed by atoms with Crippen molar-refractivity contribution in [2.45, 2.75) is 95.7 Å². The van der Waals surface area contributed by atoms with Gasteiger partial charge in [0, 0.05) is 57.1 Å². The van der Waals surface area contributed by atoms with Crippen LogP contribution in [0, 0.1) is 5.92 Å². The molecule has 2 aromatic rings. The molecule has 5 rings (SSSR count). The summed E-state index contributed by atoms with van der Waals surface area (Å²) in [5.41, 5.74) is 2.31. The zero-order chi connectivity index (χ0) is 27.6. The van der Waals surface area contributed by atoms with Crippen molar-refractivity contribution in [1.82, 2.24) is 30.0 Å². The molecule has 3 aliphatic rings. The summed E-state index contributed by atoms with van der Waals surface area (Å²) in [6.07, 6.45) is 18.1. The number of amides is 3. The van der Waals surface area contributed by atoms with Gasteiger partial charge in [0.1, 0.15) is 6.04 Å². The van der Waals surface area contributed by atoms with Gasteiger partial charge in [0.25, 0.3) is 0 Å². The van der Waals surface area contributed by atoms with E-state index in [1.807, 2.05) is 30.7 Å². The lowest BCUT2D eigenvalue weighted by Gasteiger charge is -2.41. The molecule has 1 atom stereocenters.